The smallest absolute Gasteiger partial charge is 0.307 e. The van der Waals surface area contributed by atoms with E-state index in [2.05, 4.69) is 15.6 Å². The number of para-hydroxylation sites is 1. The summed E-state index contributed by atoms with van der Waals surface area (Å²) in [7, 11) is 0. The Morgan fingerprint density at radius 1 is 1.00 bits per heavy atom. The molecule has 3 amide bonds. The minimum absolute atomic E-state index is 0.161. The number of halogens is 1. The molecule has 4 aromatic rings. The van der Waals surface area contributed by atoms with E-state index >= 15 is 0 Å². The monoisotopic (exact) mass is 476 g/mol. The quantitative estimate of drug-likeness (QED) is 0.325. The topological polar surface area (TPSA) is 93.1 Å². The summed E-state index contributed by atoms with van der Waals surface area (Å²) in [6.07, 6.45) is 0. The lowest BCUT2D eigenvalue weighted by Crippen LogP contribution is -2.35. The van der Waals surface area contributed by atoms with E-state index in [0.29, 0.717) is 22.3 Å². The first kappa shape index (κ1) is 23.2. The number of nitrogens with one attached hydrogen (secondary N) is 2. The molecule has 1 aromatic heterocycles. The van der Waals surface area contributed by atoms with E-state index in [4.69, 9.17) is 0 Å². The number of fused-ring (bicyclic) bond motifs is 1. The predicted molar refractivity (Wildman–Crippen MR) is 131 cm³/mol. The highest BCUT2D eigenvalue weighted by atomic mass is 32.2. The van der Waals surface area contributed by atoms with Crippen molar-refractivity contribution >= 4 is 40.3 Å². The van der Waals surface area contributed by atoms with Crippen LogP contribution in [-0.2, 0) is 4.79 Å². The third-order valence-corrected chi connectivity index (χ3v) is 6.21. The minimum Gasteiger partial charge on any atom is -0.307 e. The molecule has 172 valence electrons. The number of carbonyl (C=O) groups excluding carboxylic acids is 2. The van der Waals surface area contributed by atoms with Gasteiger partial charge in [0, 0.05) is 5.69 Å². The molecule has 9 heteroatoms. The van der Waals surface area contributed by atoms with Crippen molar-refractivity contribution in [1.82, 2.24) is 14.9 Å². The number of imide groups is 1. The SMILES string of the molecule is Cc1cccc(NC(=O)NC(=O)CSc2nc3ccccc3c(=O)n2-c2ccc(F)cc2)c1C. The lowest BCUT2D eigenvalue weighted by atomic mass is 10.1. The molecule has 0 bridgehead atoms. The van der Waals surface area contributed by atoms with E-state index in [1.807, 2.05) is 26.0 Å². The number of anilines is 1. The van der Waals surface area contributed by atoms with Crippen molar-refractivity contribution in [2.75, 3.05) is 11.1 Å². The van der Waals surface area contributed by atoms with Crippen LogP contribution in [-0.4, -0.2) is 27.2 Å². The number of benzene rings is 3. The fourth-order valence-electron chi connectivity index (χ4n) is 3.36. The van der Waals surface area contributed by atoms with Crippen LogP contribution in [0.3, 0.4) is 0 Å². The summed E-state index contributed by atoms with van der Waals surface area (Å²) in [5.41, 5.74) is 3.08. The molecule has 2 N–H and O–H groups in total. The molecule has 0 aliphatic carbocycles. The van der Waals surface area contributed by atoms with Crippen LogP contribution in [0.2, 0.25) is 0 Å². The molecule has 0 radical (unpaired) electrons. The van der Waals surface area contributed by atoms with Gasteiger partial charge in [0.1, 0.15) is 5.82 Å². The molecule has 0 saturated carbocycles. The maximum atomic E-state index is 13.4. The summed E-state index contributed by atoms with van der Waals surface area (Å²) >= 11 is 1.00. The van der Waals surface area contributed by atoms with E-state index in [9.17, 15) is 18.8 Å². The molecule has 0 aliphatic heterocycles. The van der Waals surface area contributed by atoms with Gasteiger partial charge in [-0.1, -0.05) is 36.0 Å². The lowest BCUT2D eigenvalue weighted by molar-refractivity contribution is -0.117. The van der Waals surface area contributed by atoms with Crippen molar-refractivity contribution in [3.05, 3.63) is 94.0 Å². The van der Waals surface area contributed by atoms with Gasteiger partial charge in [-0.2, -0.15) is 0 Å². The second kappa shape index (κ2) is 9.88. The summed E-state index contributed by atoms with van der Waals surface area (Å²) in [6, 6.07) is 17.1. The lowest BCUT2D eigenvalue weighted by Gasteiger charge is -2.13. The summed E-state index contributed by atoms with van der Waals surface area (Å²) < 4.78 is 14.8. The summed E-state index contributed by atoms with van der Waals surface area (Å²) in [5, 5.41) is 5.61. The highest BCUT2D eigenvalue weighted by molar-refractivity contribution is 7.99. The molecule has 7 nitrogen and oxygen atoms in total. The van der Waals surface area contributed by atoms with Crippen LogP contribution in [0.1, 0.15) is 11.1 Å². The molecule has 0 unspecified atom stereocenters. The Balaban J connectivity index is 1.54. The maximum absolute atomic E-state index is 13.4. The van der Waals surface area contributed by atoms with Crippen LogP contribution >= 0.6 is 11.8 Å². The molecule has 0 spiro atoms. The molecular formula is C25H21FN4O3S. The second-order valence-corrected chi connectivity index (χ2v) is 8.51. The first-order valence-electron chi connectivity index (χ1n) is 10.4. The van der Waals surface area contributed by atoms with Gasteiger partial charge in [-0.05, 0) is 67.4 Å². The Bertz CT molecular complexity index is 1450. The first-order chi connectivity index (χ1) is 16.3. The predicted octanol–water partition coefficient (Wildman–Crippen LogP) is 4.58. The number of hydrogen-bond acceptors (Lipinski definition) is 5. The van der Waals surface area contributed by atoms with Gasteiger partial charge in [-0.3, -0.25) is 19.5 Å². The second-order valence-electron chi connectivity index (χ2n) is 7.57. The average molecular weight is 477 g/mol. The number of aromatic nitrogens is 2. The number of urea groups is 1. The molecule has 0 aliphatic rings. The maximum Gasteiger partial charge on any atom is 0.325 e. The molecule has 0 saturated heterocycles. The van der Waals surface area contributed by atoms with Gasteiger partial charge in [0.15, 0.2) is 5.16 Å². The number of rotatable bonds is 5. The average Bonchev–Trinajstić information content (AvgIpc) is 2.81. The number of nitrogens with zero attached hydrogens (tertiary/aromatic N) is 2. The molecule has 4 rings (SSSR count). The zero-order valence-electron chi connectivity index (χ0n) is 18.5. The Morgan fingerprint density at radius 2 is 1.74 bits per heavy atom. The van der Waals surface area contributed by atoms with Gasteiger partial charge in [0.2, 0.25) is 5.91 Å². The Morgan fingerprint density at radius 3 is 2.50 bits per heavy atom. The van der Waals surface area contributed by atoms with E-state index in [0.717, 1.165) is 22.9 Å². The van der Waals surface area contributed by atoms with Crippen LogP contribution in [0.4, 0.5) is 14.9 Å². The number of aryl methyl sites for hydroxylation is 1. The van der Waals surface area contributed by atoms with Crippen LogP contribution in [0.25, 0.3) is 16.6 Å². The van der Waals surface area contributed by atoms with Crippen LogP contribution in [0, 0.1) is 19.7 Å². The Kier molecular flexibility index (Phi) is 6.74. The summed E-state index contributed by atoms with van der Waals surface area (Å²) in [4.78, 5) is 42.4. The van der Waals surface area contributed by atoms with E-state index in [1.54, 1.807) is 30.3 Å². The highest BCUT2D eigenvalue weighted by Gasteiger charge is 2.16. The van der Waals surface area contributed by atoms with Crippen LogP contribution in [0.5, 0.6) is 0 Å². The zero-order chi connectivity index (χ0) is 24.2. The van der Waals surface area contributed by atoms with Crippen LogP contribution < -0.4 is 16.2 Å². The van der Waals surface area contributed by atoms with Crippen molar-refractivity contribution in [2.45, 2.75) is 19.0 Å². The fraction of sp³-hybridized carbons (Fsp3) is 0.120. The van der Waals surface area contributed by atoms with E-state index in [-0.39, 0.29) is 16.5 Å². The zero-order valence-corrected chi connectivity index (χ0v) is 19.3. The van der Waals surface area contributed by atoms with Crippen molar-refractivity contribution in [3.8, 4) is 5.69 Å². The van der Waals surface area contributed by atoms with Gasteiger partial charge in [-0.15, -0.1) is 0 Å². The molecular weight excluding hydrogens is 455 g/mol. The summed E-state index contributed by atoms with van der Waals surface area (Å²) in [5.74, 6) is -1.15. The normalized spacial score (nSPS) is 10.8. The van der Waals surface area contributed by atoms with Crippen molar-refractivity contribution in [1.29, 1.82) is 0 Å². The molecule has 0 fully saturated rings. The Labute approximate surface area is 199 Å². The fourth-order valence-corrected chi connectivity index (χ4v) is 4.17. The first-order valence-corrected chi connectivity index (χ1v) is 11.4. The molecule has 1 heterocycles. The van der Waals surface area contributed by atoms with E-state index < -0.39 is 17.8 Å². The standard InChI is InChI=1S/C25H21FN4O3S/c1-15-6-5-9-20(16(15)2)27-24(33)29-22(31)14-34-25-28-21-8-4-3-7-19(21)23(32)30(25)18-12-10-17(26)11-13-18/h3-13H,14H2,1-2H3,(H2,27,29,31,33). The minimum atomic E-state index is -0.651. The highest BCUT2D eigenvalue weighted by Crippen LogP contribution is 2.22. The third-order valence-electron chi connectivity index (χ3n) is 5.27. The molecule has 3 aromatic carbocycles. The summed E-state index contributed by atoms with van der Waals surface area (Å²) in [6.45, 7) is 3.81. The van der Waals surface area contributed by atoms with Gasteiger partial charge in [-0.25, -0.2) is 14.2 Å². The van der Waals surface area contributed by atoms with Crippen molar-refractivity contribution < 1.29 is 14.0 Å². The van der Waals surface area contributed by atoms with Crippen LogP contribution in [0.15, 0.2) is 76.7 Å². The molecule has 34 heavy (non-hydrogen) atoms. The van der Waals surface area contributed by atoms with Crippen molar-refractivity contribution in [2.24, 2.45) is 0 Å². The number of amides is 3. The van der Waals surface area contributed by atoms with Gasteiger partial charge < -0.3 is 5.32 Å². The third kappa shape index (κ3) is 4.99. The number of thioether (sulfide) groups is 1. The Hall–Kier alpha value is -3.98. The van der Waals surface area contributed by atoms with Gasteiger partial charge >= 0.3 is 6.03 Å². The van der Waals surface area contributed by atoms with Crippen molar-refractivity contribution in [3.63, 3.8) is 0 Å². The molecule has 0 atom stereocenters. The number of hydrogen-bond donors (Lipinski definition) is 2. The van der Waals surface area contributed by atoms with Gasteiger partial charge in [0.25, 0.3) is 5.56 Å². The van der Waals surface area contributed by atoms with E-state index in [1.165, 1.54) is 28.8 Å². The van der Waals surface area contributed by atoms with Gasteiger partial charge in [0.05, 0.1) is 22.3 Å². The largest absolute Gasteiger partial charge is 0.325 e. The number of carbonyl (C=O) groups is 2.